The van der Waals surface area contributed by atoms with Crippen molar-refractivity contribution >= 4 is 11.8 Å². The predicted molar refractivity (Wildman–Crippen MR) is 65.6 cm³/mol. The van der Waals surface area contributed by atoms with Crippen LogP contribution in [0.15, 0.2) is 18.2 Å². The fourth-order valence-electron chi connectivity index (χ4n) is 2.02. The van der Waals surface area contributed by atoms with Crippen LogP contribution >= 0.6 is 11.8 Å². The van der Waals surface area contributed by atoms with Crippen LogP contribution in [0, 0.1) is 0 Å². The van der Waals surface area contributed by atoms with Crippen molar-refractivity contribution in [1.82, 2.24) is 0 Å². The van der Waals surface area contributed by atoms with Crippen LogP contribution in [0.3, 0.4) is 0 Å². The highest BCUT2D eigenvalue weighted by Crippen LogP contribution is 2.35. The summed E-state index contributed by atoms with van der Waals surface area (Å²) < 4.78 is 5.76. The minimum atomic E-state index is 0.212. The molecule has 0 radical (unpaired) electrons. The van der Waals surface area contributed by atoms with Gasteiger partial charge >= 0.3 is 0 Å². The third-order valence-corrected chi connectivity index (χ3v) is 3.39. The molecule has 1 aliphatic rings. The third-order valence-electron chi connectivity index (χ3n) is 2.82. The van der Waals surface area contributed by atoms with Gasteiger partial charge < -0.3 is 10.5 Å². The molecule has 0 aliphatic heterocycles. The van der Waals surface area contributed by atoms with Gasteiger partial charge in [0, 0.05) is 11.8 Å². The fraction of sp³-hybridized carbons (Fsp3) is 0.500. The third kappa shape index (κ3) is 2.29. The number of hydrogen-bond donors (Lipinski definition) is 1. The summed E-state index contributed by atoms with van der Waals surface area (Å²) in [7, 11) is 0. The van der Waals surface area contributed by atoms with Gasteiger partial charge in [0.05, 0.1) is 6.61 Å². The average molecular weight is 223 g/mol. The molecular weight excluding hydrogens is 206 g/mol. The molecule has 2 N–H and O–H groups in total. The summed E-state index contributed by atoms with van der Waals surface area (Å²) in [5, 5.41) is 0. The molecule has 1 atom stereocenters. The van der Waals surface area contributed by atoms with Gasteiger partial charge in [0.25, 0.3) is 0 Å². The maximum absolute atomic E-state index is 6.01. The molecule has 1 aliphatic carbocycles. The first kappa shape index (κ1) is 10.8. The molecule has 0 fully saturated rings. The van der Waals surface area contributed by atoms with Gasteiger partial charge in [-0.15, -0.1) is 0 Å². The zero-order chi connectivity index (χ0) is 10.7. The number of nitrogens with two attached hydrogens (primary N) is 1. The van der Waals surface area contributed by atoms with Crippen molar-refractivity contribution in [1.29, 1.82) is 0 Å². The molecule has 0 heterocycles. The van der Waals surface area contributed by atoms with Crippen LogP contribution in [-0.4, -0.2) is 18.6 Å². The molecule has 0 spiro atoms. The first-order chi connectivity index (χ1) is 7.33. The van der Waals surface area contributed by atoms with Gasteiger partial charge in [-0.3, -0.25) is 0 Å². The summed E-state index contributed by atoms with van der Waals surface area (Å²) in [6.45, 7) is 0.785. The summed E-state index contributed by atoms with van der Waals surface area (Å²) in [5.74, 6) is 2.07. The minimum Gasteiger partial charge on any atom is -0.492 e. The molecule has 0 amide bonds. The Bertz CT molecular complexity index is 340. The summed E-state index contributed by atoms with van der Waals surface area (Å²) in [4.78, 5) is 0. The predicted octanol–water partition coefficient (Wildman–Crippen LogP) is 2.37. The lowest BCUT2D eigenvalue weighted by molar-refractivity contribution is 0.340. The van der Waals surface area contributed by atoms with E-state index < -0.39 is 0 Å². The highest BCUT2D eigenvalue weighted by molar-refractivity contribution is 7.98. The van der Waals surface area contributed by atoms with Crippen molar-refractivity contribution in [3.8, 4) is 5.75 Å². The van der Waals surface area contributed by atoms with Crippen LogP contribution in [0.2, 0.25) is 0 Å². The van der Waals surface area contributed by atoms with Crippen LogP contribution < -0.4 is 10.5 Å². The summed E-state index contributed by atoms with van der Waals surface area (Å²) in [5.41, 5.74) is 8.61. The number of hydrogen-bond acceptors (Lipinski definition) is 3. The molecule has 1 aromatic carbocycles. The van der Waals surface area contributed by atoms with Gasteiger partial charge in [0.1, 0.15) is 5.75 Å². The molecule has 0 aromatic heterocycles. The Morgan fingerprint density at radius 3 is 3.20 bits per heavy atom. The quantitative estimate of drug-likeness (QED) is 0.796. The molecule has 0 bridgehead atoms. The second-order valence-corrected chi connectivity index (χ2v) is 4.80. The van der Waals surface area contributed by atoms with E-state index in [9.17, 15) is 0 Å². The molecule has 1 aromatic rings. The van der Waals surface area contributed by atoms with Crippen LogP contribution in [0.4, 0.5) is 0 Å². The number of rotatable bonds is 4. The van der Waals surface area contributed by atoms with Gasteiger partial charge in [0.15, 0.2) is 0 Å². The molecule has 82 valence electrons. The van der Waals surface area contributed by atoms with Crippen LogP contribution in [0.25, 0.3) is 0 Å². The Kier molecular flexibility index (Phi) is 3.54. The summed E-state index contributed by atoms with van der Waals surface area (Å²) in [6.07, 6.45) is 4.21. The molecule has 2 nitrogen and oxygen atoms in total. The van der Waals surface area contributed by atoms with E-state index in [1.54, 1.807) is 11.8 Å². The molecule has 3 heteroatoms. The monoisotopic (exact) mass is 223 g/mol. The maximum atomic E-state index is 6.01. The Hall–Kier alpha value is -0.670. The molecular formula is C12H17NOS. The standard InChI is InChI=1S/C12H17NOS/c1-15-8-7-14-12-4-2-3-9-10(12)5-6-11(9)13/h2-4,11H,5-8,13H2,1H3. The van der Waals surface area contributed by atoms with Crippen LogP contribution in [0.5, 0.6) is 5.75 Å². The van der Waals surface area contributed by atoms with E-state index in [-0.39, 0.29) is 6.04 Å². The lowest BCUT2D eigenvalue weighted by Gasteiger charge is -2.10. The van der Waals surface area contributed by atoms with Gasteiger partial charge in [-0.05, 0) is 36.3 Å². The zero-order valence-corrected chi connectivity index (χ0v) is 9.85. The fourth-order valence-corrected chi connectivity index (χ4v) is 2.27. The second-order valence-electron chi connectivity index (χ2n) is 3.81. The summed E-state index contributed by atoms with van der Waals surface area (Å²) in [6, 6.07) is 6.42. The van der Waals surface area contributed by atoms with Crippen molar-refractivity contribution < 1.29 is 4.74 Å². The number of ether oxygens (including phenoxy) is 1. The molecule has 0 saturated heterocycles. The average Bonchev–Trinajstić information content (AvgIpc) is 2.62. The van der Waals surface area contributed by atoms with Crippen molar-refractivity contribution in [2.75, 3.05) is 18.6 Å². The van der Waals surface area contributed by atoms with E-state index in [0.29, 0.717) is 0 Å². The number of fused-ring (bicyclic) bond motifs is 1. The van der Waals surface area contributed by atoms with Gasteiger partial charge in [0.2, 0.25) is 0 Å². The van der Waals surface area contributed by atoms with E-state index in [1.807, 2.05) is 6.07 Å². The van der Waals surface area contributed by atoms with E-state index in [2.05, 4.69) is 18.4 Å². The van der Waals surface area contributed by atoms with Gasteiger partial charge in [-0.25, -0.2) is 0 Å². The van der Waals surface area contributed by atoms with Crippen molar-refractivity contribution in [3.05, 3.63) is 29.3 Å². The maximum Gasteiger partial charge on any atom is 0.122 e. The zero-order valence-electron chi connectivity index (χ0n) is 9.03. The smallest absolute Gasteiger partial charge is 0.122 e. The Labute approximate surface area is 95.2 Å². The SMILES string of the molecule is CSCCOc1cccc2c1CCC2N. The van der Waals surface area contributed by atoms with Crippen LogP contribution in [-0.2, 0) is 6.42 Å². The summed E-state index contributed by atoms with van der Waals surface area (Å²) >= 11 is 1.81. The molecule has 0 saturated carbocycles. The van der Waals surface area contributed by atoms with Crippen molar-refractivity contribution in [3.63, 3.8) is 0 Å². The van der Waals surface area contributed by atoms with E-state index in [4.69, 9.17) is 10.5 Å². The van der Waals surface area contributed by atoms with E-state index >= 15 is 0 Å². The van der Waals surface area contributed by atoms with Crippen molar-refractivity contribution in [2.45, 2.75) is 18.9 Å². The largest absolute Gasteiger partial charge is 0.492 e. The number of thioether (sulfide) groups is 1. The molecule has 15 heavy (non-hydrogen) atoms. The lowest BCUT2D eigenvalue weighted by Crippen LogP contribution is -2.06. The van der Waals surface area contributed by atoms with Crippen LogP contribution in [0.1, 0.15) is 23.6 Å². The second kappa shape index (κ2) is 4.90. The highest BCUT2D eigenvalue weighted by Gasteiger charge is 2.21. The Morgan fingerprint density at radius 2 is 2.40 bits per heavy atom. The minimum absolute atomic E-state index is 0.212. The van der Waals surface area contributed by atoms with E-state index in [1.165, 1.54) is 11.1 Å². The molecule has 2 rings (SSSR count). The van der Waals surface area contributed by atoms with Gasteiger partial charge in [-0.1, -0.05) is 12.1 Å². The van der Waals surface area contributed by atoms with Gasteiger partial charge in [-0.2, -0.15) is 11.8 Å². The van der Waals surface area contributed by atoms with E-state index in [0.717, 1.165) is 31.0 Å². The molecule has 1 unspecified atom stereocenters. The Balaban J connectivity index is 2.12. The Morgan fingerprint density at radius 1 is 1.53 bits per heavy atom. The first-order valence-electron chi connectivity index (χ1n) is 5.32. The normalized spacial score (nSPS) is 18.9. The first-order valence-corrected chi connectivity index (χ1v) is 6.71. The number of benzene rings is 1. The van der Waals surface area contributed by atoms with Crippen molar-refractivity contribution in [2.24, 2.45) is 5.73 Å². The topological polar surface area (TPSA) is 35.2 Å². The highest BCUT2D eigenvalue weighted by atomic mass is 32.2. The lowest BCUT2D eigenvalue weighted by atomic mass is 10.1.